The van der Waals surface area contributed by atoms with Crippen molar-refractivity contribution >= 4 is 12.1 Å². The summed E-state index contributed by atoms with van der Waals surface area (Å²) in [7, 11) is 0. The first-order valence-electron chi connectivity index (χ1n) is 3.77. The minimum atomic E-state index is -0.606. The molecule has 0 aliphatic carbocycles. The van der Waals surface area contributed by atoms with E-state index in [9.17, 15) is 14.9 Å². The van der Waals surface area contributed by atoms with Crippen LogP contribution in [0.4, 0.5) is 5.82 Å². The Hall–Kier alpha value is -2.22. The van der Waals surface area contributed by atoms with E-state index in [0.717, 1.165) is 0 Å². The van der Waals surface area contributed by atoms with Crippen LogP contribution in [0.25, 0.3) is 0 Å². The second kappa shape index (κ2) is 4.72. The molecule has 5 nitrogen and oxygen atoms in total. The van der Waals surface area contributed by atoms with Crippen LogP contribution in [0.2, 0.25) is 0 Å². The number of aldehydes is 1. The third-order valence-corrected chi connectivity index (χ3v) is 1.37. The van der Waals surface area contributed by atoms with Gasteiger partial charge in [0.25, 0.3) is 0 Å². The molecule has 1 aromatic heterocycles. The molecule has 0 N–H and O–H groups in total. The summed E-state index contributed by atoms with van der Waals surface area (Å²) in [5.41, 5.74) is 0.222. The quantitative estimate of drug-likeness (QED) is 0.301. The van der Waals surface area contributed by atoms with Gasteiger partial charge in [-0.1, -0.05) is 11.8 Å². The van der Waals surface area contributed by atoms with Crippen molar-refractivity contribution in [2.45, 2.75) is 6.42 Å². The highest BCUT2D eigenvalue weighted by atomic mass is 16.6. The second-order valence-corrected chi connectivity index (χ2v) is 2.30. The highest BCUT2D eigenvalue weighted by Gasteiger charge is 2.10. The largest absolute Gasteiger partial charge is 0.379 e. The smallest absolute Gasteiger partial charge is 0.358 e. The van der Waals surface area contributed by atoms with Gasteiger partial charge in [0.05, 0.1) is 6.42 Å². The van der Waals surface area contributed by atoms with Crippen molar-refractivity contribution in [3.8, 4) is 11.8 Å². The lowest BCUT2D eigenvalue weighted by Gasteiger charge is -1.92. The molecule has 1 rings (SSSR count). The number of carbonyl (C=O) groups excluding carboxylic acids is 1. The van der Waals surface area contributed by atoms with Gasteiger partial charge in [0.1, 0.15) is 18.0 Å². The molecule has 0 aromatic carbocycles. The lowest BCUT2D eigenvalue weighted by atomic mass is 10.2. The summed E-state index contributed by atoms with van der Waals surface area (Å²) in [6.45, 7) is 0. The fraction of sp³-hybridized carbons (Fsp3) is 0.111. The van der Waals surface area contributed by atoms with Crippen molar-refractivity contribution in [3.63, 3.8) is 0 Å². The summed E-state index contributed by atoms with van der Waals surface area (Å²) in [5.74, 6) is 4.71. The van der Waals surface area contributed by atoms with Crippen molar-refractivity contribution in [2.24, 2.45) is 0 Å². The summed E-state index contributed by atoms with van der Waals surface area (Å²) >= 11 is 0. The van der Waals surface area contributed by atoms with Crippen LogP contribution in [0, 0.1) is 22.0 Å². The normalized spacial score (nSPS) is 8.57. The van der Waals surface area contributed by atoms with Gasteiger partial charge >= 0.3 is 5.82 Å². The first-order valence-corrected chi connectivity index (χ1v) is 3.77. The highest BCUT2D eigenvalue weighted by Crippen LogP contribution is 2.11. The highest BCUT2D eigenvalue weighted by molar-refractivity contribution is 5.56. The number of carbonyl (C=O) groups is 1. The van der Waals surface area contributed by atoms with Crippen LogP contribution < -0.4 is 0 Å². The monoisotopic (exact) mass is 190 g/mol. The molecule has 0 atom stereocenters. The van der Waals surface area contributed by atoms with Crippen LogP contribution in [0.3, 0.4) is 0 Å². The molecule has 0 bridgehead atoms. The lowest BCUT2D eigenvalue weighted by Crippen LogP contribution is -1.94. The molecule has 1 heterocycles. The van der Waals surface area contributed by atoms with Gasteiger partial charge in [0.2, 0.25) is 0 Å². The van der Waals surface area contributed by atoms with E-state index in [1.165, 1.54) is 12.3 Å². The zero-order valence-corrected chi connectivity index (χ0v) is 7.14. The van der Waals surface area contributed by atoms with Crippen LogP contribution in [0.5, 0.6) is 0 Å². The molecule has 5 heteroatoms. The Labute approximate surface area is 79.9 Å². The van der Waals surface area contributed by atoms with Crippen LogP contribution in [0.1, 0.15) is 12.0 Å². The van der Waals surface area contributed by atoms with Gasteiger partial charge in [-0.05, 0) is 22.0 Å². The Morgan fingerprint density at radius 3 is 3.07 bits per heavy atom. The zero-order valence-electron chi connectivity index (χ0n) is 7.14. The predicted molar refractivity (Wildman–Crippen MR) is 48.5 cm³/mol. The molecule has 0 aliphatic heterocycles. The number of nitro groups is 1. The Morgan fingerprint density at radius 2 is 2.43 bits per heavy atom. The summed E-state index contributed by atoms with van der Waals surface area (Å²) in [4.78, 5) is 23.4. The second-order valence-electron chi connectivity index (χ2n) is 2.30. The van der Waals surface area contributed by atoms with Crippen LogP contribution >= 0.6 is 0 Å². The third kappa shape index (κ3) is 2.38. The van der Waals surface area contributed by atoms with E-state index < -0.39 is 4.92 Å². The lowest BCUT2D eigenvalue weighted by molar-refractivity contribution is -0.389. The van der Waals surface area contributed by atoms with Crippen molar-refractivity contribution < 1.29 is 9.72 Å². The Morgan fingerprint density at radius 1 is 1.64 bits per heavy atom. The summed E-state index contributed by atoms with van der Waals surface area (Å²) in [6, 6.07) is 3.04. The molecular formula is C9H6N2O3. The maximum atomic E-state index is 10.5. The van der Waals surface area contributed by atoms with E-state index in [2.05, 4.69) is 16.8 Å². The SMILES string of the molecule is O=CCC#Cc1cccnc1[N+](=O)[O-]. The summed E-state index contributed by atoms with van der Waals surface area (Å²) in [5, 5.41) is 10.5. The van der Waals surface area contributed by atoms with Gasteiger partial charge in [-0.25, -0.2) is 0 Å². The number of hydrogen-bond donors (Lipinski definition) is 0. The maximum absolute atomic E-state index is 10.5. The molecule has 0 unspecified atom stereocenters. The summed E-state index contributed by atoms with van der Waals surface area (Å²) in [6.07, 6.45) is 2.02. The van der Waals surface area contributed by atoms with E-state index >= 15 is 0 Å². The topological polar surface area (TPSA) is 73.1 Å². The fourth-order valence-electron chi connectivity index (χ4n) is 0.828. The zero-order chi connectivity index (χ0) is 10.4. The van der Waals surface area contributed by atoms with Crippen molar-refractivity contribution in [1.82, 2.24) is 4.98 Å². The van der Waals surface area contributed by atoms with Gasteiger partial charge in [-0.15, -0.1) is 0 Å². The number of aromatic nitrogens is 1. The molecule has 0 amide bonds. The molecule has 0 aliphatic rings. The molecule has 0 radical (unpaired) electrons. The van der Waals surface area contributed by atoms with Gasteiger partial charge in [0, 0.05) is 0 Å². The number of nitrogens with zero attached hydrogens (tertiary/aromatic N) is 2. The van der Waals surface area contributed by atoms with E-state index in [4.69, 9.17) is 0 Å². The summed E-state index contributed by atoms with van der Waals surface area (Å²) < 4.78 is 0. The standard InChI is InChI=1S/C9H6N2O3/c12-7-2-1-4-8-5-3-6-10-9(8)11(13)14/h3,5-7H,2H2. The molecule has 0 saturated carbocycles. The molecule has 70 valence electrons. The Kier molecular flexibility index (Phi) is 3.33. The first-order chi connectivity index (χ1) is 6.75. The van der Waals surface area contributed by atoms with Crippen molar-refractivity contribution in [1.29, 1.82) is 0 Å². The van der Waals surface area contributed by atoms with Crippen molar-refractivity contribution in [2.75, 3.05) is 0 Å². The number of rotatable bonds is 2. The van der Waals surface area contributed by atoms with E-state index in [-0.39, 0.29) is 17.8 Å². The third-order valence-electron chi connectivity index (χ3n) is 1.37. The number of hydrogen-bond acceptors (Lipinski definition) is 4. The Bertz CT molecular complexity index is 418. The van der Waals surface area contributed by atoms with Gasteiger partial charge in [-0.3, -0.25) is 0 Å². The van der Waals surface area contributed by atoms with Gasteiger partial charge in [0.15, 0.2) is 0 Å². The van der Waals surface area contributed by atoms with Crippen LogP contribution in [0.15, 0.2) is 18.3 Å². The van der Waals surface area contributed by atoms with E-state index in [1.807, 2.05) is 0 Å². The molecule has 0 spiro atoms. The average Bonchev–Trinajstić information content (AvgIpc) is 2.19. The maximum Gasteiger partial charge on any atom is 0.379 e. The van der Waals surface area contributed by atoms with E-state index in [0.29, 0.717) is 6.29 Å². The average molecular weight is 190 g/mol. The molecular weight excluding hydrogens is 184 g/mol. The molecule has 14 heavy (non-hydrogen) atoms. The first kappa shape index (κ1) is 9.86. The molecule has 0 fully saturated rings. The minimum absolute atomic E-state index is 0.0616. The molecule has 0 saturated heterocycles. The van der Waals surface area contributed by atoms with Crippen LogP contribution in [-0.2, 0) is 4.79 Å². The van der Waals surface area contributed by atoms with Crippen LogP contribution in [-0.4, -0.2) is 16.2 Å². The van der Waals surface area contributed by atoms with Gasteiger partial charge in [-0.2, -0.15) is 0 Å². The van der Waals surface area contributed by atoms with Gasteiger partial charge < -0.3 is 14.9 Å². The Balaban J connectivity index is 3.03. The number of pyridine rings is 1. The predicted octanol–water partition coefficient (Wildman–Crippen LogP) is 0.930. The molecule has 1 aromatic rings. The fourth-order valence-corrected chi connectivity index (χ4v) is 0.828. The minimum Gasteiger partial charge on any atom is -0.358 e. The van der Waals surface area contributed by atoms with Crippen molar-refractivity contribution in [3.05, 3.63) is 34.0 Å². The van der Waals surface area contributed by atoms with E-state index in [1.54, 1.807) is 6.07 Å².